The summed E-state index contributed by atoms with van der Waals surface area (Å²) in [4.78, 5) is 0. The summed E-state index contributed by atoms with van der Waals surface area (Å²) in [6.45, 7) is 6.22. The Morgan fingerprint density at radius 2 is 0.500 bits per heavy atom. The maximum absolute atomic E-state index is 4.94. The zero-order chi connectivity index (χ0) is 12.7. The van der Waals surface area contributed by atoms with Crippen LogP contribution in [0.1, 0.15) is 0 Å². The molecule has 102 valence electrons. The van der Waals surface area contributed by atoms with E-state index in [1.54, 1.807) is 0 Å². The predicted molar refractivity (Wildman–Crippen MR) is 69.7 cm³/mol. The van der Waals surface area contributed by atoms with E-state index in [-0.39, 0.29) is 0 Å². The van der Waals surface area contributed by atoms with Gasteiger partial charge in [0, 0.05) is 0 Å². The van der Waals surface area contributed by atoms with Gasteiger partial charge in [-0.1, -0.05) is 36.4 Å². The Hall–Kier alpha value is -0.940. The fraction of sp³-hybridized carbons (Fsp3) is 0.571. The second-order valence-corrected chi connectivity index (χ2v) is 3.60. The van der Waals surface area contributed by atoms with Crippen molar-refractivity contribution in [1.82, 2.24) is 0 Å². The van der Waals surface area contributed by atoms with Crippen LogP contribution in [0.4, 0.5) is 0 Å². The topological polar surface area (TPSA) is 36.9 Å². The number of ether oxygens (including phenoxy) is 4. The van der Waals surface area contributed by atoms with E-state index in [0.29, 0.717) is 0 Å². The van der Waals surface area contributed by atoms with E-state index in [0.717, 1.165) is 52.9 Å². The first-order valence-electron chi connectivity index (χ1n) is 6.31. The molecule has 0 N–H and O–H groups in total. The molecule has 2 fully saturated rings. The summed E-state index contributed by atoms with van der Waals surface area (Å²) in [5.41, 5.74) is 0. The molecule has 0 bridgehead atoms. The molecule has 18 heavy (non-hydrogen) atoms. The summed E-state index contributed by atoms with van der Waals surface area (Å²) in [6.07, 6.45) is 0. The minimum Gasteiger partial charge on any atom is -0.377 e. The monoisotopic (exact) mass is 254 g/mol. The van der Waals surface area contributed by atoms with Crippen LogP contribution in [-0.4, -0.2) is 52.9 Å². The smallest absolute Gasteiger partial charge is 0.0701 e. The fourth-order valence-electron chi connectivity index (χ4n) is 1.26. The van der Waals surface area contributed by atoms with Crippen molar-refractivity contribution in [2.24, 2.45) is 0 Å². The van der Waals surface area contributed by atoms with E-state index in [4.69, 9.17) is 18.9 Å². The third kappa shape index (κ3) is 10.2. The minimum atomic E-state index is 0.778. The van der Waals surface area contributed by atoms with E-state index >= 15 is 0 Å². The molecule has 0 atom stereocenters. The summed E-state index contributed by atoms with van der Waals surface area (Å²) < 4.78 is 19.8. The molecule has 2 aliphatic heterocycles. The molecule has 2 heterocycles. The van der Waals surface area contributed by atoms with Gasteiger partial charge in [-0.15, -0.1) is 0 Å². The van der Waals surface area contributed by atoms with Crippen molar-refractivity contribution in [3.63, 3.8) is 0 Å². The van der Waals surface area contributed by atoms with Crippen LogP contribution in [0, 0.1) is 0 Å². The first kappa shape index (κ1) is 15.1. The predicted octanol–water partition coefficient (Wildman–Crippen LogP) is 1.75. The molecule has 1 aromatic carbocycles. The molecule has 3 rings (SSSR count). The molecule has 2 aliphatic rings. The van der Waals surface area contributed by atoms with Gasteiger partial charge in [0.25, 0.3) is 0 Å². The Kier molecular flexibility index (Phi) is 10.5. The lowest BCUT2D eigenvalue weighted by atomic mass is 10.4. The lowest BCUT2D eigenvalue weighted by Crippen LogP contribution is -2.16. The Balaban J connectivity index is 0.000000135. The molecule has 0 amide bonds. The van der Waals surface area contributed by atoms with E-state index in [2.05, 4.69) is 0 Å². The highest BCUT2D eigenvalue weighted by molar-refractivity contribution is 4.99. The highest BCUT2D eigenvalue weighted by Crippen LogP contribution is 1.85. The van der Waals surface area contributed by atoms with Crippen LogP contribution >= 0.6 is 0 Å². The van der Waals surface area contributed by atoms with E-state index in [1.165, 1.54) is 0 Å². The van der Waals surface area contributed by atoms with Gasteiger partial charge in [0.1, 0.15) is 0 Å². The second kappa shape index (κ2) is 12.5. The van der Waals surface area contributed by atoms with E-state index in [1.807, 2.05) is 36.4 Å². The van der Waals surface area contributed by atoms with Gasteiger partial charge in [-0.2, -0.15) is 0 Å². The largest absolute Gasteiger partial charge is 0.377 e. The summed E-state index contributed by atoms with van der Waals surface area (Å²) in [5, 5.41) is 0. The van der Waals surface area contributed by atoms with Crippen LogP contribution < -0.4 is 0 Å². The van der Waals surface area contributed by atoms with E-state index in [9.17, 15) is 0 Å². The number of benzene rings is 1. The van der Waals surface area contributed by atoms with Crippen LogP contribution in [-0.2, 0) is 18.9 Å². The Morgan fingerprint density at radius 3 is 0.611 bits per heavy atom. The summed E-state index contributed by atoms with van der Waals surface area (Å²) >= 11 is 0. The van der Waals surface area contributed by atoms with Crippen molar-refractivity contribution < 1.29 is 18.9 Å². The molecule has 0 aromatic heterocycles. The lowest BCUT2D eigenvalue weighted by Gasteiger charge is -2.09. The number of hydrogen-bond donors (Lipinski definition) is 0. The van der Waals surface area contributed by atoms with Gasteiger partial charge >= 0.3 is 0 Å². The van der Waals surface area contributed by atoms with Crippen molar-refractivity contribution in [3.8, 4) is 0 Å². The van der Waals surface area contributed by atoms with Gasteiger partial charge in [-0.05, 0) is 0 Å². The quantitative estimate of drug-likeness (QED) is 0.707. The zero-order valence-corrected chi connectivity index (χ0v) is 10.8. The Morgan fingerprint density at radius 1 is 0.333 bits per heavy atom. The molecular formula is C14H22O4. The van der Waals surface area contributed by atoms with Crippen LogP contribution in [0.2, 0.25) is 0 Å². The number of rotatable bonds is 0. The van der Waals surface area contributed by atoms with Gasteiger partial charge in [0.15, 0.2) is 0 Å². The van der Waals surface area contributed by atoms with Gasteiger partial charge in [0.2, 0.25) is 0 Å². The first-order valence-corrected chi connectivity index (χ1v) is 6.31. The minimum absolute atomic E-state index is 0.778. The maximum Gasteiger partial charge on any atom is 0.0701 e. The van der Waals surface area contributed by atoms with Crippen molar-refractivity contribution in [2.45, 2.75) is 0 Å². The Bertz CT molecular complexity index is 184. The molecule has 0 aliphatic carbocycles. The first-order chi connectivity index (χ1) is 9.00. The van der Waals surface area contributed by atoms with Gasteiger partial charge in [0.05, 0.1) is 52.9 Å². The Labute approximate surface area is 109 Å². The fourth-order valence-corrected chi connectivity index (χ4v) is 1.26. The molecule has 0 unspecified atom stereocenters. The van der Waals surface area contributed by atoms with Gasteiger partial charge in [-0.25, -0.2) is 0 Å². The average molecular weight is 254 g/mol. The summed E-state index contributed by atoms with van der Waals surface area (Å²) in [7, 11) is 0. The standard InChI is InChI=1S/C6H6.2C4H8O2/c1-2-4-6-5-3-1;2*1-2-6-4-3-5-1/h1-6H;2*1-4H2. The molecule has 2 saturated heterocycles. The van der Waals surface area contributed by atoms with Crippen LogP contribution in [0.15, 0.2) is 36.4 Å². The SMILES string of the molecule is C1COCCO1.C1COCCO1.c1ccccc1. The van der Waals surface area contributed by atoms with E-state index < -0.39 is 0 Å². The van der Waals surface area contributed by atoms with Crippen LogP contribution in [0.25, 0.3) is 0 Å². The molecule has 4 nitrogen and oxygen atoms in total. The number of hydrogen-bond acceptors (Lipinski definition) is 4. The summed E-state index contributed by atoms with van der Waals surface area (Å²) in [5.74, 6) is 0. The van der Waals surface area contributed by atoms with Gasteiger partial charge in [-0.3, -0.25) is 0 Å². The lowest BCUT2D eigenvalue weighted by molar-refractivity contribution is -0.0334. The third-order valence-electron chi connectivity index (χ3n) is 2.15. The highest BCUT2D eigenvalue weighted by atomic mass is 16.6. The second-order valence-electron chi connectivity index (χ2n) is 3.60. The normalized spacial score (nSPS) is 18.7. The van der Waals surface area contributed by atoms with Crippen molar-refractivity contribution in [1.29, 1.82) is 0 Å². The third-order valence-corrected chi connectivity index (χ3v) is 2.15. The summed E-state index contributed by atoms with van der Waals surface area (Å²) in [6, 6.07) is 12.0. The maximum atomic E-state index is 4.94. The molecule has 0 spiro atoms. The molecule has 1 aromatic rings. The molecule has 0 radical (unpaired) electrons. The van der Waals surface area contributed by atoms with Crippen molar-refractivity contribution in [3.05, 3.63) is 36.4 Å². The molecule has 0 saturated carbocycles. The highest BCUT2D eigenvalue weighted by Gasteiger charge is 1.94. The average Bonchev–Trinajstić information content (AvgIpc) is 2.54. The zero-order valence-electron chi connectivity index (χ0n) is 10.8. The van der Waals surface area contributed by atoms with Crippen LogP contribution in [0.5, 0.6) is 0 Å². The van der Waals surface area contributed by atoms with Crippen LogP contribution in [0.3, 0.4) is 0 Å². The molecular weight excluding hydrogens is 232 g/mol. The van der Waals surface area contributed by atoms with Gasteiger partial charge < -0.3 is 18.9 Å². The van der Waals surface area contributed by atoms with Crippen molar-refractivity contribution in [2.75, 3.05) is 52.9 Å². The molecule has 4 heteroatoms. The van der Waals surface area contributed by atoms with Crippen molar-refractivity contribution >= 4 is 0 Å².